The van der Waals surface area contributed by atoms with Crippen LogP contribution in [0.1, 0.15) is 6.42 Å². The summed E-state index contributed by atoms with van der Waals surface area (Å²) < 4.78 is 1.33. The van der Waals surface area contributed by atoms with Crippen molar-refractivity contribution in [3.8, 4) is 0 Å². The topological polar surface area (TPSA) is 95.3 Å². The van der Waals surface area contributed by atoms with Gasteiger partial charge in [0, 0.05) is 18.8 Å². The van der Waals surface area contributed by atoms with Crippen molar-refractivity contribution < 1.29 is 9.59 Å². The number of aromatic nitrogens is 2. The van der Waals surface area contributed by atoms with Gasteiger partial charge in [-0.1, -0.05) is 0 Å². The van der Waals surface area contributed by atoms with E-state index in [4.69, 9.17) is 9.59 Å². The number of hydrogen-bond acceptors (Lipinski definition) is 4. The van der Waals surface area contributed by atoms with Crippen molar-refractivity contribution in [3.05, 3.63) is 33.1 Å². The van der Waals surface area contributed by atoms with Gasteiger partial charge in [0.2, 0.25) is 0 Å². The van der Waals surface area contributed by atoms with Gasteiger partial charge in [0.1, 0.15) is 0 Å². The third kappa shape index (κ3) is 4.24. The van der Waals surface area contributed by atoms with Crippen molar-refractivity contribution in [3.63, 3.8) is 0 Å². The van der Waals surface area contributed by atoms with Crippen LogP contribution in [0, 0.1) is 0 Å². The lowest BCUT2D eigenvalue weighted by atomic mass is 10.4. The molecule has 1 heterocycles. The summed E-state index contributed by atoms with van der Waals surface area (Å²) in [7, 11) is -3.03. The summed E-state index contributed by atoms with van der Waals surface area (Å²) in [5.41, 5.74) is -0.901. The lowest BCUT2D eigenvalue weighted by molar-refractivity contribution is 0.365. The standard InChI is InChI=1S/C8H14N2O4Si/c1-15(13,14)6-2-4-10-5-3-7(11)9-8(10)12/h3,5,13-14H,2,4,6H2,1H3,(H,9,11,12). The molecule has 0 aliphatic carbocycles. The Bertz CT molecular complexity index is 431. The SMILES string of the molecule is C[Si](O)(O)CCCn1ccc(=O)[nH]c1=O. The van der Waals surface area contributed by atoms with Crippen LogP contribution in [0.4, 0.5) is 0 Å². The van der Waals surface area contributed by atoms with Crippen molar-refractivity contribution in [2.24, 2.45) is 0 Å². The average Bonchev–Trinajstić information content (AvgIpc) is 2.07. The monoisotopic (exact) mass is 230 g/mol. The van der Waals surface area contributed by atoms with Crippen LogP contribution in [0.25, 0.3) is 0 Å². The van der Waals surface area contributed by atoms with E-state index in [2.05, 4.69) is 4.98 Å². The van der Waals surface area contributed by atoms with Crippen molar-refractivity contribution in [1.82, 2.24) is 9.55 Å². The number of H-pyrrole nitrogens is 1. The number of nitrogens with one attached hydrogen (secondary N) is 1. The molecule has 0 aromatic carbocycles. The number of hydrogen-bond donors (Lipinski definition) is 3. The van der Waals surface area contributed by atoms with Gasteiger partial charge in [-0.15, -0.1) is 0 Å². The highest BCUT2D eigenvalue weighted by Gasteiger charge is 2.20. The molecular weight excluding hydrogens is 216 g/mol. The fourth-order valence-corrected chi connectivity index (χ4v) is 2.03. The molecule has 3 N–H and O–H groups in total. The molecule has 7 heteroatoms. The Kier molecular flexibility index (Phi) is 3.61. The first-order chi connectivity index (χ1) is 6.88. The first kappa shape index (κ1) is 11.9. The van der Waals surface area contributed by atoms with Crippen molar-refractivity contribution in [2.45, 2.75) is 25.6 Å². The molecule has 0 spiro atoms. The summed E-state index contributed by atoms with van der Waals surface area (Å²) in [4.78, 5) is 42.4. The Hall–Kier alpha value is -1.18. The second-order valence-electron chi connectivity index (χ2n) is 3.62. The Morgan fingerprint density at radius 1 is 1.47 bits per heavy atom. The van der Waals surface area contributed by atoms with E-state index in [1.165, 1.54) is 23.4 Å². The van der Waals surface area contributed by atoms with E-state index >= 15 is 0 Å². The van der Waals surface area contributed by atoms with E-state index < -0.39 is 19.8 Å². The van der Waals surface area contributed by atoms with Crippen molar-refractivity contribution >= 4 is 8.56 Å². The minimum absolute atomic E-state index is 0.304. The van der Waals surface area contributed by atoms with Crippen LogP contribution in [-0.2, 0) is 6.54 Å². The number of aromatic amines is 1. The van der Waals surface area contributed by atoms with E-state index in [1.807, 2.05) is 0 Å². The number of rotatable bonds is 4. The normalized spacial score (nSPS) is 11.7. The first-order valence-electron chi connectivity index (χ1n) is 4.63. The maximum absolute atomic E-state index is 11.2. The summed E-state index contributed by atoms with van der Waals surface area (Å²) in [6.45, 7) is 1.79. The van der Waals surface area contributed by atoms with Gasteiger partial charge in [-0.05, 0) is 19.0 Å². The van der Waals surface area contributed by atoms with Gasteiger partial charge in [-0.3, -0.25) is 9.78 Å². The second kappa shape index (κ2) is 4.56. The molecule has 84 valence electrons. The molecule has 0 atom stereocenters. The zero-order valence-corrected chi connectivity index (χ0v) is 9.43. The third-order valence-electron chi connectivity index (χ3n) is 1.95. The molecule has 0 saturated heterocycles. The van der Waals surface area contributed by atoms with E-state index in [1.54, 1.807) is 0 Å². The maximum atomic E-state index is 11.2. The van der Waals surface area contributed by atoms with Gasteiger partial charge in [0.15, 0.2) is 0 Å². The molecule has 0 bridgehead atoms. The molecule has 0 saturated carbocycles. The molecule has 6 nitrogen and oxygen atoms in total. The zero-order chi connectivity index (χ0) is 11.5. The van der Waals surface area contributed by atoms with Crippen molar-refractivity contribution in [1.29, 1.82) is 0 Å². The molecule has 0 aliphatic rings. The Morgan fingerprint density at radius 2 is 2.13 bits per heavy atom. The largest absolute Gasteiger partial charge is 0.411 e. The highest BCUT2D eigenvalue weighted by molar-refractivity contribution is 6.63. The minimum Gasteiger partial charge on any atom is -0.411 e. The van der Waals surface area contributed by atoms with E-state index in [0.29, 0.717) is 19.0 Å². The van der Waals surface area contributed by atoms with Crippen LogP contribution in [0.15, 0.2) is 21.9 Å². The molecule has 1 aromatic heterocycles. The predicted molar refractivity (Wildman–Crippen MR) is 56.8 cm³/mol. The fraction of sp³-hybridized carbons (Fsp3) is 0.500. The van der Waals surface area contributed by atoms with E-state index in [0.717, 1.165) is 0 Å². The van der Waals surface area contributed by atoms with Gasteiger partial charge in [-0.25, -0.2) is 4.79 Å². The Labute approximate surface area is 87.1 Å². The summed E-state index contributed by atoms with van der Waals surface area (Å²) in [5, 5.41) is 0. The minimum atomic E-state index is -3.03. The molecule has 0 aliphatic heterocycles. The molecule has 0 unspecified atom stereocenters. The first-order valence-corrected chi connectivity index (χ1v) is 7.23. The predicted octanol–water partition coefficient (Wildman–Crippen LogP) is -1.02. The average molecular weight is 230 g/mol. The summed E-state index contributed by atoms with van der Waals surface area (Å²) in [6, 6.07) is 1.56. The Morgan fingerprint density at radius 3 is 2.67 bits per heavy atom. The van der Waals surface area contributed by atoms with Crippen molar-refractivity contribution in [2.75, 3.05) is 0 Å². The summed E-state index contributed by atoms with van der Waals surface area (Å²) in [5.74, 6) is 0. The van der Waals surface area contributed by atoms with Gasteiger partial charge in [-0.2, -0.15) is 0 Å². The van der Waals surface area contributed by atoms with Crippen LogP contribution < -0.4 is 11.2 Å². The number of nitrogens with zero attached hydrogens (tertiary/aromatic N) is 1. The quantitative estimate of drug-likeness (QED) is 0.577. The third-order valence-corrected chi connectivity index (χ3v) is 3.25. The molecular formula is C8H14N2O4Si. The van der Waals surface area contributed by atoms with Gasteiger partial charge < -0.3 is 14.2 Å². The molecule has 1 aromatic rings. The molecule has 0 fully saturated rings. The van der Waals surface area contributed by atoms with Crippen LogP contribution in [0.3, 0.4) is 0 Å². The van der Waals surface area contributed by atoms with E-state index in [9.17, 15) is 9.59 Å². The Balaban J connectivity index is 2.59. The molecule has 0 amide bonds. The highest BCUT2D eigenvalue weighted by atomic mass is 28.4. The van der Waals surface area contributed by atoms with Crippen LogP contribution >= 0.6 is 0 Å². The molecule has 15 heavy (non-hydrogen) atoms. The lowest BCUT2D eigenvalue weighted by Gasteiger charge is -2.11. The van der Waals surface area contributed by atoms with E-state index in [-0.39, 0.29) is 0 Å². The molecule has 0 radical (unpaired) electrons. The smallest absolute Gasteiger partial charge is 0.329 e. The highest BCUT2D eigenvalue weighted by Crippen LogP contribution is 2.04. The second-order valence-corrected chi connectivity index (χ2v) is 6.56. The molecule has 1 rings (SSSR count). The van der Waals surface area contributed by atoms with Gasteiger partial charge in [0.25, 0.3) is 5.56 Å². The summed E-state index contributed by atoms with van der Waals surface area (Å²) >= 11 is 0. The maximum Gasteiger partial charge on any atom is 0.329 e. The van der Waals surface area contributed by atoms with Gasteiger partial charge >= 0.3 is 14.3 Å². The summed E-state index contributed by atoms with van der Waals surface area (Å²) in [6.07, 6.45) is 1.90. The lowest BCUT2D eigenvalue weighted by Crippen LogP contribution is -2.32. The van der Waals surface area contributed by atoms with Crippen LogP contribution in [0.2, 0.25) is 12.6 Å². The zero-order valence-electron chi connectivity index (χ0n) is 8.43. The fourth-order valence-electron chi connectivity index (χ4n) is 1.20. The number of aryl methyl sites for hydroxylation is 1. The van der Waals surface area contributed by atoms with Crippen LogP contribution in [0.5, 0.6) is 0 Å². The van der Waals surface area contributed by atoms with Gasteiger partial charge in [0.05, 0.1) is 0 Å². The van der Waals surface area contributed by atoms with Crippen LogP contribution in [-0.4, -0.2) is 27.7 Å².